The molecule has 0 radical (unpaired) electrons. The van der Waals surface area contributed by atoms with Crippen molar-refractivity contribution in [3.05, 3.63) is 65.7 Å². The molecule has 0 amide bonds. The molecule has 0 saturated heterocycles. The van der Waals surface area contributed by atoms with E-state index in [9.17, 15) is 5.11 Å². The van der Waals surface area contributed by atoms with Gasteiger partial charge in [-0.1, -0.05) is 56.3 Å². The van der Waals surface area contributed by atoms with Crippen LogP contribution in [0.1, 0.15) is 25.0 Å². The Labute approximate surface area is 161 Å². The first-order valence-corrected chi connectivity index (χ1v) is 9.85. The Morgan fingerprint density at radius 1 is 0.962 bits per heavy atom. The first-order chi connectivity index (χ1) is 12.5. The van der Waals surface area contributed by atoms with E-state index in [1.807, 2.05) is 54.6 Å². The van der Waals surface area contributed by atoms with Crippen molar-refractivity contribution in [1.29, 1.82) is 0 Å². The summed E-state index contributed by atoms with van der Waals surface area (Å²) in [4.78, 5) is 1.09. The molecule has 4 nitrogen and oxygen atoms in total. The molecule has 0 aliphatic heterocycles. The molecule has 0 aliphatic carbocycles. The number of nitrogens with zero attached hydrogens (tertiary/aromatic N) is 1. The molecule has 0 bridgehead atoms. The molecule has 0 heterocycles. The number of aliphatic hydroxyl groups excluding tert-OH is 2. The maximum Gasteiger partial charge on any atom is 0.0830 e. The Bertz CT molecular complexity index is 634. The van der Waals surface area contributed by atoms with E-state index in [1.54, 1.807) is 11.9 Å². The van der Waals surface area contributed by atoms with E-state index in [-0.39, 0.29) is 12.6 Å². The van der Waals surface area contributed by atoms with Crippen LogP contribution >= 0.6 is 11.9 Å². The van der Waals surface area contributed by atoms with Gasteiger partial charge in [0.25, 0.3) is 0 Å². The Morgan fingerprint density at radius 3 is 2.19 bits per heavy atom. The van der Waals surface area contributed by atoms with Crippen molar-refractivity contribution in [1.82, 2.24) is 4.31 Å². The number of rotatable bonds is 10. The molecule has 4 N–H and O–H groups in total. The third-order valence-electron chi connectivity index (χ3n) is 4.11. The number of nitrogens with two attached hydrogens (primary N) is 1. The zero-order valence-electron chi connectivity index (χ0n) is 15.6. The third kappa shape index (κ3) is 7.09. The highest BCUT2D eigenvalue weighted by Gasteiger charge is 2.20. The SMILES string of the molecule is CC(C)CN(CC(O)C(N)Cc1ccccc1)Sc1ccc(CO)cc1. The van der Waals surface area contributed by atoms with Gasteiger partial charge in [-0.25, -0.2) is 4.31 Å². The van der Waals surface area contributed by atoms with Crippen molar-refractivity contribution < 1.29 is 10.2 Å². The topological polar surface area (TPSA) is 69.7 Å². The molecule has 2 rings (SSSR count). The number of benzene rings is 2. The van der Waals surface area contributed by atoms with Crippen molar-refractivity contribution in [2.75, 3.05) is 13.1 Å². The minimum Gasteiger partial charge on any atom is -0.392 e. The van der Waals surface area contributed by atoms with Crippen LogP contribution in [0.15, 0.2) is 59.5 Å². The summed E-state index contributed by atoms with van der Waals surface area (Å²) in [5, 5.41) is 19.8. The van der Waals surface area contributed by atoms with Gasteiger partial charge in [0.15, 0.2) is 0 Å². The molecular formula is C21H30N2O2S. The van der Waals surface area contributed by atoms with Crippen LogP contribution in [0.2, 0.25) is 0 Å². The molecule has 0 aliphatic rings. The Hall–Kier alpha value is -1.37. The monoisotopic (exact) mass is 374 g/mol. The van der Waals surface area contributed by atoms with Crippen LogP contribution in [0, 0.1) is 5.92 Å². The van der Waals surface area contributed by atoms with Crippen LogP contribution in [-0.2, 0) is 13.0 Å². The summed E-state index contributed by atoms with van der Waals surface area (Å²) in [6.07, 6.45) is 0.0612. The van der Waals surface area contributed by atoms with E-state index in [4.69, 9.17) is 10.8 Å². The average Bonchev–Trinajstić information content (AvgIpc) is 2.62. The molecule has 0 saturated carbocycles. The van der Waals surface area contributed by atoms with E-state index in [2.05, 4.69) is 18.2 Å². The van der Waals surface area contributed by atoms with Crippen LogP contribution < -0.4 is 5.73 Å². The molecular weight excluding hydrogens is 344 g/mol. The minimum absolute atomic E-state index is 0.0493. The summed E-state index contributed by atoms with van der Waals surface area (Å²) in [6, 6.07) is 17.6. The summed E-state index contributed by atoms with van der Waals surface area (Å²) in [6.45, 7) is 5.76. The second-order valence-corrected chi connectivity index (χ2v) is 8.23. The highest BCUT2D eigenvalue weighted by Crippen LogP contribution is 2.25. The van der Waals surface area contributed by atoms with Crippen LogP contribution in [0.4, 0.5) is 0 Å². The second-order valence-electron chi connectivity index (χ2n) is 7.06. The maximum atomic E-state index is 10.6. The minimum atomic E-state index is -0.599. The Morgan fingerprint density at radius 2 is 1.62 bits per heavy atom. The standard InChI is InChI=1S/C21H30N2O2S/c1-16(2)13-23(26-19-10-8-18(15-24)9-11-19)14-21(25)20(22)12-17-6-4-3-5-7-17/h3-11,16,20-21,24-25H,12-15,22H2,1-2H3. The average molecular weight is 375 g/mol. The lowest BCUT2D eigenvalue weighted by Crippen LogP contribution is -2.43. The van der Waals surface area contributed by atoms with Gasteiger partial charge in [0.05, 0.1) is 12.7 Å². The smallest absolute Gasteiger partial charge is 0.0830 e. The van der Waals surface area contributed by atoms with Gasteiger partial charge in [-0.2, -0.15) is 0 Å². The van der Waals surface area contributed by atoms with Gasteiger partial charge in [-0.15, -0.1) is 0 Å². The van der Waals surface area contributed by atoms with Crippen molar-refractivity contribution in [3.8, 4) is 0 Å². The third-order valence-corrected chi connectivity index (χ3v) is 5.15. The highest BCUT2D eigenvalue weighted by atomic mass is 32.2. The number of hydrogen-bond acceptors (Lipinski definition) is 5. The van der Waals surface area contributed by atoms with Gasteiger partial charge < -0.3 is 15.9 Å². The van der Waals surface area contributed by atoms with Crippen molar-refractivity contribution in [2.45, 2.75) is 43.9 Å². The fourth-order valence-corrected chi connectivity index (χ4v) is 3.88. The fraction of sp³-hybridized carbons (Fsp3) is 0.429. The van der Waals surface area contributed by atoms with Crippen LogP contribution in [0.3, 0.4) is 0 Å². The summed E-state index contributed by atoms with van der Waals surface area (Å²) in [7, 11) is 0. The molecule has 0 aromatic heterocycles. The molecule has 2 aromatic carbocycles. The van der Waals surface area contributed by atoms with Crippen molar-refractivity contribution >= 4 is 11.9 Å². The van der Waals surface area contributed by atoms with Crippen LogP contribution in [0.25, 0.3) is 0 Å². The summed E-state index contributed by atoms with van der Waals surface area (Å²) in [5.41, 5.74) is 8.28. The highest BCUT2D eigenvalue weighted by molar-refractivity contribution is 7.97. The normalized spacial score (nSPS) is 14.0. The van der Waals surface area contributed by atoms with Crippen LogP contribution in [0.5, 0.6) is 0 Å². The summed E-state index contributed by atoms with van der Waals surface area (Å²) < 4.78 is 2.17. The quantitative estimate of drug-likeness (QED) is 0.558. The van der Waals surface area contributed by atoms with Gasteiger partial charge in [0.2, 0.25) is 0 Å². The maximum absolute atomic E-state index is 10.6. The van der Waals surface area contributed by atoms with Gasteiger partial charge in [-0.3, -0.25) is 0 Å². The van der Waals surface area contributed by atoms with Crippen molar-refractivity contribution in [2.24, 2.45) is 11.7 Å². The zero-order chi connectivity index (χ0) is 18.9. The number of hydrogen-bond donors (Lipinski definition) is 3. The number of aliphatic hydroxyl groups is 2. The van der Waals surface area contributed by atoms with E-state index >= 15 is 0 Å². The Balaban J connectivity index is 1.96. The molecule has 5 heteroatoms. The predicted octanol–water partition coefficient (Wildman–Crippen LogP) is 3.07. The van der Waals surface area contributed by atoms with Gasteiger partial charge in [0.1, 0.15) is 0 Å². The molecule has 2 atom stereocenters. The van der Waals surface area contributed by atoms with E-state index in [1.165, 1.54) is 0 Å². The van der Waals surface area contributed by atoms with Gasteiger partial charge in [-0.05, 0) is 47.5 Å². The lowest BCUT2D eigenvalue weighted by Gasteiger charge is -2.28. The first-order valence-electron chi connectivity index (χ1n) is 9.08. The van der Waals surface area contributed by atoms with Crippen molar-refractivity contribution in [3.63, 3.8) is 0 Å². The van der Waals surface area contributed by atoms with Gasteiger partial charge >= 0.3 is 0 Å². The summed E-state index contributed by atoms with van der Waals surface area (Å²) >= 11 is 1.62. The first kappa shape index (κ1) is 20.9. The molecule has 2 aromatic rings. The second kappa shape index (κ2) is 10.7. The molecule has 0 spiro atoms. The molecule has 142 valence electrons. The fourth-order valence-electron chi connectivity index (χ4n) is 2.73. The lowest BCUT2D eigenvalue weighted by atomic mass is 10.0. The van der Waals surface area contributed by atoms with Gasteiger partial charge in [0, 0.05) is 24.0 Å². The molecule has 26 heavy (non-hydrogen) atoms. The molecule has 2 unspecified atom stereocenters. The van der Waals surface area contributed by atoms with E-state index in [0.717, 1.165) is 22.6 Å². The van der Waals surface area contributed by atoms with Crippen LogP contribution in [-0.4, -0.2) is 39.8 Å². The largest absolute Gasteiger partial charge is 0.392 e. The van der Waals surface area contributed by atoms with E-state index in [0.29, 0.717) is 18.9 Å². The predicted molar refractivity (Wildman–Crippen MR) is 109 cm³/mol. The van der Waals surface area contributed by atoms with E-state index < -0.39 is 6.10 Å². The molecule has 0 fully saturated rings. The lowest BCUT2D eigenvalue weighted by molar-refractivity contribution is 0.119. The zero-order valence-corrected chi connectivity index (χ0v) is 16.4. The summed E-state index contributed by atoms with van der Waals surface area (Å²) in [5.74, 6) is 0.483. The Kier molecular flexibility index (Phi) is 8.62.